The molecule has 22 heavy (non-hydrogen) atoms. The first kappa shape index (κ1) is 21.2. The van der Waals surface area contributed by atoms with Gasteiger partial charge >= 0.3 is 5.97 Å². The van der Waals surface area contributed by atoms with Crippen molar-refractivity contribution in [3.05, 3.63) is 12.2 Å². The summed E-state index contributed by atoms with van der Waals surface area (Å²) in [6.45, 7) is 10.3. The molecule has 0 saturated heterocycles. The first-order chi connectivity index (χ1) is 10.6. The van der Waals surface area contributed by atoms with Gasteiger partial charge in [-0.15, -0.1) is 0 Å². The summed E-state index contributed by atoms with van der Waals surface area (Å²) in [7, 11) is 0. The van der Waals surface area contributed by atoms with Crippen LogP contribution in [0.15, 0.2) is 12.2 Å². The van der Waals surface area contributed by atoms with Gasteiger partial charge in [0.05, 0.1) is 6.61 Å². The SMILES string of the molecule is C=C(C)C(=O)OCCC(C)CCCCCCCCCCCC. The van der Waals surface area contributed by atoms with E-state index in [1.54, 1.807) is 6.92 Å². The number of carbonyl (C=O) groups is 1. The fraction of sp³-hybridized carbons (Fsp3) is 0.850. The molecule has 0 heterocycles. The molecule has 0 bridgehead atoms. The predicted molar refractivity (Wildman–Crippen MR) is 96.0 cm³/mol. The molecule has 1 unspecified atom stereocenters. The van der Waals surface area contributed by atoms with Crippen LogP contribution in [-0.2, 0) is 9.53 Å². The maximum Gasteiger partial charge on any atom is 0.333 e. The van der Waals surface area contributed by atoms with Crippen LogP contribution in [0.25, 0.3) is 0 Å². The monoisotopic (exact) mass is 310 g/mol. The van der Waals surface area contributed by atoms with Crippen LogP contribution < -0.4 is 0 Å². The molecule has 0 aromatic heterocycles. The maximum absolute atomic E-state index is 11.2. The fourth-order valence-corrected chi connectivity index (χ4v) is 2.60. The third-order valence-electron chi connectivity index (χ3n) is 4.24. The average molecular weight is 311 g/mol. The van der Waals surface area contributed by atoms with Crippen molar-refractivity contribution in [2.75, 3.05) is 6.61 Å². The molecular formula is C20H38O2. The first-order valence-corrected chi connectivity index (χ1v) is 9.40. The second-order valence-corrected chi connectivity index (χ2v) is 6.78. The molecule has 0 aliphatic rings. The van der Waals surface area contributed by atoms with Crippen LogP contribution in [0, 0.1) is 5.92 Å². The third-order valence-corrected chi connectivity index (χ3v) is 4.24. The number of ether oxygens (including phenoxy) is 1. The molecule has 0 aliphatic carbocycles. The Balaban J connectivity index is 3.26. The van der Waals surface area contributed by atoms with Crippen LogP contribution in [0.4, 0.5) is 0 Å². The highest BCUT2D eigenvalue weighted by atomic mass is 16.5. The molecule has 0 amide bonds. The lowest BCUT2D eigenvalue weighted by molar-refractivity contribution is -0.139. The minimum Gasteiger partial charge on any atom is -0.462 e. The molecule has 2 nitrogen and oxygen atoms in total. The molecule has 0 rings (SSSR count). The van der Waals surface area contributed by atoms with E-state index in [2.05, 4.69) is 20.4 Å². The Morgan fingerprint density at radius 1 is 0.909 bits per heavy atom. The lowest BCUT2D eigenvalue weighted by Gasteiger charge is -2.11. The van der Waals surface area contributed by atoms with Crippen LogP contribution in [0.1, 0.15) is 97.8 Å². The first-order valence-electron chi connectivity index (χ1n) is 9.40. The lowest BCUT2D eigenvalue weighted by atomic mass is 9.99. The molecule has 0 radical (unpaired) electrons. The summed E-state index contributed by atoms with van der Waals surface area (Å²) >= 11 is 0. The van der Waals surface area contributed by atoms with Crippen molar-refractivity contribution in [2.24, 2.45) is 5.92 Å². The summed E-state index contributed by atoms with van der Waals surface area (Å²) < 4.78 is 5.14. The van der Waals surface area contributed by atoms with Gasteiger partial charge in [0.15, 0.2) is 0 Å². The van der Waals surface area contributed by atoms with E-state index in [1.165, 1.54) is 70.6 Å². The van der Waals surface area contributed by atoms with Crippen molar-refractivity contribution < 1.29 is 9.53 Å². The minimum absolute atomic E-state index is 0.258. The zero-order valence-electron chi connectivity index (χ0n) is 15.3. The van der Waals surface area contributed by atoms with E-state index in [-0.39, 0.29) is 5.97 Å². The Morgan fingerprint density at radius 3 is 1.91 bits per heavy atom. The highest BCUT2D eigenvalue weighted by Crippen LogP contribution is 2.16. The standard InChI is InChI=1S/C20H38O2/c1-5-6-7-8-9-10-11-12-13-14-15-19(4)16-17-22-20(21)18(2)3/h19H,2,5-17H2,1,3-4H3. The highest BCUT2D eigenvalue weighted by molar-refractivity contribution is 5.86. The van der Waals surface area contributed by atoms with Gasteiger partial charge in [-0.05, 0) is 19.3 Å². The minimum atomic E-state index is -0.258. The topological polar surface area (TPSA) is 26.3 Å². The average Bonchev–Trinajstić information content (AvgIpc) is 2.49. The van der Waals surface area contributed by atoms with Crippen molar-refractivity contribution in [2.45, 2.75) is 97.8 Å². The van der Waals surface area contributed by atoms with Crippen LogP contribution in [-0.4, -0.2) is 12.6 Å². The molecule has 130 valence electrons. The van der Waals surface area contributed by atoms with E-state index in [0.29, 0.717) is 18.1 Å². The zero-order valence-corrected chi connectivity index (χ0v) is 15.3. The van der Waals surface area contributed by atoms with Crippen molar-refractivity contribution >= 4 is 5.97 Å². The molecular weight excluding hydrogens is 272 g/mol. The Morgan fingerprint density at radius 2 is 1.41 bits per heavy atom. The maximum atomic E-state index is 11.2. The number of carbonyl (C=O) groups excluding carboxylic acids is 1. The molecule has 1 atom stereocenters. The van der Waals surface area contributed by atoms with E-state index in [9.17, 15) is 4.79 Å². The molecule has 2 heteroatoms. The van der Waals surface area contributed by atoms with Crippen molar-refractivity contribution in [3.63, 3.8) is 0 Å². The fourth-order valence-electron chi connectivity index (χ4n) is 2.60. The molecule has 0 saturated carbocycles. The summed E-state index contributed by atoms with van der Waals surface area (Å²) in [6, 6.07) is 0. The van der Waals surface area contributed by atoms with Crippen molar-refractivity contribution in [3.8, 4) is 0 Å². The smallest absolute Gasteiger partial charge is 0.333 e. The summed E-state index contributed by atoms with van der Waals surface area (Å²) in [4.78, 5) is 11.2. The van der Waals surface area contributed by atoms with E-state index >= 15 is 0 Å². The number of rotatable bonds is 15. The summed E-state index contributed by atoms with van der Waals surface area (Å²) in [6.07, 6.45) is 16.1. The van der Waals surface area contributed by atoms with Gasteiger partial charge < -0.3 is 4.74 Å². The van der Waals surface area contributed by atoms with Gasteiger partial charge in [0.25, 0.3) is 0 Å². The Hall–Kier alpha value is -0.790. The normalized spacial score (nSPS) is 12.1. The van der Waals surface area contributed by atoms with E-state index < -0.39 is 0 Å². The summed E-state index contributed by atoms with van der Waals surface area (Å²) in [5, 5.41) is 0. The van der Waals surface area contributed by atoms with Gasteiger partial charge in [-0.2, -0.15) is 0 Å². The molecule has 0 N–H and O–H groups in total. The van der Waals surface area contributed by atoms with Crippen LogP contribution >= 0.6 is 0 Å². The predicted octanol–water partition coefficient (Wildman–Crippen LogP) is 6.44. The van der Waals surface area contributed by atoms with Gasteiger partial charge in [0.2, 0.25) is 0 Å². The Kier molecular flexibility index (Phi) is 14.6. The third kappa shape index (κ3) is 14.2. The highest BCUT2D eigenvalue weighted by Gasteiger charge is 2.06. The molecule has 0 aromatic carbocycles. The van der Waals surface area contributed by atoms with Crippen molar-refractivity contribution in [1.82, 2.24) is 0 Å². The van der Waals surface area contributed by atoms with Gasteiger partial charge in [0.1, 0.15) is 0 Å². The number of hydrogen-bond acceptors (Lipinski definition) is 2. The molecule has 0 fully saturated rings. The Labute approximate surface area is 138 Å². The Bertz CT molecular complexity index is 283. The molecule has 0 aromatic rings. The number of esters is 1. The lowest BCUT2D eigenvalue weighted by Crippen LogP contribution is -2.09. The summed E-state index contributed by atoms with van der Waals surface area (Å²) in [5.74, 6) is 0.387. The van der Waals surface area contributed by atoms with Gasteiger partial charge in [0, 0.05) is 5.57 Å². The van der Waals surface area contributed by atoms with E-state index in [1.807, 2.05) is 0 Å². The van der Waals surface area contributed by atoms with Gasteiger partial charge in [-0.25, -0.2) is 4.79 Å². The van der Waals surface area contributed by atoms with E-state index in [0.717, 1.165) is 6.42 Å². The second kappa shape index (κ2) is 15.1. The summed E-state index contributed by atoms with van der Waals surface area (Å²) in [5.41, 5.74) is 0.488. The number of hydrogen-bond donors (Lipinski definition) is 0. The second-order valence-electron chi connectivity index (χ2n) is 6.78. The van der Waals surface area contributed by atoms with Gasteiger partial charge in [-0.1, -0.05) is 91.1 Å². The van der Waals surface area contributed by atoms with E-state index in [4.69, 9.17) is 4.74 Å². The zero-order chi connectivity index (χ0) is 16.6. The van der Waals surface area contributed by atoms with Crippen LogP contribution in [0.5, 0.6) is 0 Å². The molecule has 0 aliphatic heterocycles. The number of unbranched alkanes of at least 4 members (excludes halogenated alkanes) is 9. The largest absolute Gasteiger partial charge is 0.462 e. The quantitative estimate of drug-likeness (QED) is 0.197. The van der Waals surface area contributed by atoms with Crippen LogP contribution in [0.2, 0.25) is 0 Å². The molecule has 0 spiro atoms. The van der Waals surface area contributed by atoms with Crippen molar-refractivity contribution in [1.29, 1.82) is 0 Å². The van der Waals surface area contributed by atoms with Crippen LogP contribution in [0.3, 0.4) is 0 Å². The van der Waals surface area contributed by atoms with Gasteiger partial charge in [-0.3, -0.25) is 0 Å².